The van der Waals surface area contributed by atoms with Crippen LogP contribution in [0.25, 0.3) is 5.70 Å². The molecule has 0 bridgehead atoms. The first-order chi connectivity index (χ1) is 7.06. The summed E-state index contributed by atoms with van der Waals surface area (Å²) >= 11 is 0. The highest BCUT2D eigenvalue weighted by molar-refractivity contribution is 5.62. The molecule has 2 N–H and O–H groups in total. The van der Waals surface area contributed by atoms with E-state index >= 15 is 0 Å². The van der Waals surface area contributed by atoms with Crippen LogP contribution in [0.1, 0.15) is 31.0 Å². The van der Waals surface area contributed by atoms with Gasteiger partial charge in [-0.1, -0.05) is 24.8 Å². The minimum Gasteiger partial charge on any atom is -0.375 e. The van der Waals surface area contributed by atoms with Gasteiger partial charge < -0.3 is 10.6 Å². The van der Waals surface area contributed by atoms with Crippen LogP contribution in [-0.2, 0) is 0 Å². The lowest BCUT2D eigenvalue weighted by atomic mass is 10.0. The first kappa shape index (κ1) is 11.8. The Bertz CT molecular complexity index is 342. The lowest BCUT2D eigenvalue weighted by Crippen LogP contribution is -2.15. The SMILES string of the molecule is C=C(c1cccc(C(C)N)c1)N(C)CC. The molecular weight excluding hydrogens is 184 g/mol. The Balaban J connectivity index is 2.95. The molecule has 0 spiro atoms. The summed E-state index contributed by atoms with van der Waals surface area (Å²) in [5.41, 5.74) is 9.19. The van der Waals surface area contributed by atoms with Crippen molar-refractivity contribution in [1.29, 1.82) is 0 Å². The van der Waals surface area contributed by atoms with Gasteiger partial charge in [-0.3, -0.25) is 0 Å². The Morgan fingerprint density at radius 3 is 2.73 bits per heavy atom. The van der Waals surface area contributed by atoms with E-state index in [-0.39, 0.29) is 6.04 Å². The lowest BCUT2D eigenvalue weighted by Gasteiger charge is -2.20. The zero-order valence-corrected chi connectivity index (χ0v) is 9.83. The molecule has 0 saturated heterocycles. The number of hydrogen-bond acceptors (Lipinski definition) is 2. The first-order valence-electron chi connectivity index (χ1n) is 5.32. The molecule has 1 rings (SSSR count). The molecule has 1 unspecified atom stereocenters. The molecule has 0 radical (unpaired) electrons. The molecule has 0 aromatic heterocycles. The normalized spacial score (nSPS) is 12.3. The molecule has 15 heavy (non-hydrogen) atoms. The van der Waals surface area contributed by atoms with Crippen molar-refractivity contribution < 1.29 is 0 Å². The minimum absolute atomic E-state index is 0.0738. The van der Waals surface area contributed by atoms with Crippen molar-refractivity contribution in [2.45, 2.75) is 19.9 Å². The fourth-order valence-electron chi connectivity index (χ4n) is 1.41. The van der Waals surface area contributed by atoms with Crippen LogP contribution >= 0.6 is 0 Å². The van der Waals surface area contributed by atoms with Crippen molar-refractivity contribution in [1.82, 2.24) is 4.90 Å². The van der Waals surface area contributed by atoms with Crippen LogP contribution in [0.4, 0.5) is 0 Å². The van der Waals surface area contributed by atoms with Crippen LogP contribution in [0.3, 0.4) is 0 Å². The predicted molar refractivity (Wildman–Crippen MR) is 66.4 cm³/mol. The van der Waals surface area contributed by atoms with Gasteiger partial charge in [-0.05, 0) is 31.0 Å². The van der Waals surface area contributed by atoms with E-state index in [1.165, 1.54) is 0 Å². The summed E-state index contributed by atoms with van der Waals surface area (Å²) in [6.45, 7) is 9.14. The third kappa shape index (κ3) is 2.83. The maximum absolute atomic E-state index is 5.85. The van der Waals surface area contributed by atoms with Crippen molar-refractivity contribution in [3.05, 3.63) is 42.0 Å². The van der Waals surface area contributed by atoms with Gasteiger partial charge in [0.15, 0.2) is 0 Å². The van der Waals surface area contributed by atoms with E-state index in [0.717, 1.165) is 23.4 Å². The highest BCUT2D eigenvalue weighted by Crippen LogP contribution is 2.19. The van der Waals surface area contributed by atoms with E-state index in [9.17, 15) is 0 Å². The Morgan fingerprint density at radius 2 is 2.20 bits per heavy atom. The van der Waals surface area contributed by atoms with E-state index < -0.39 is 0 Å². The molecule has 0 aliphatic carbocycles. The smallest absolute Gasteiger partial charge is 0.0364 e. The second kappa shape index (κ2) is 4.99. The molecule has 82 valence electrons. The van der Waals surface area contributed by atoms with Gasteiger partial charge >= 0.3 is 0 Å². The largest absolute Gasteiger partial charge is 0.375 e. The maximum atomic E-state index is 5.85. The number of nitrogens with two attached hydrogens (primary N) is 1. The standard InChI is InChI=1S/C13H20N2/c1-5-15(4)11(3)13-8-6-7-12(9-13)10(2)14/h6-10H,3,5,14H2,1-2,4H3. The summed E-state index contributed by atoms with van der Waals surface area (Å²) in [5, 5.41) is 0. The monoisotopic (exact) mass is 204 g/mol. The van der Waals surface area contributed by atoms with Crippen molar-refractivity contribution in [3.8, 4) is 0 Å². The van der Waals surface area contributed by atoms with Crippen LogP contribution in [0.15, 0.2) is 30.8 Å². The molecular formula is C13H20N2. The Kier molecular flexibility index (Phi) is 3.92. The molecule has 1 atom stereocenters. The Labute approximate surface area is 92.4 Å². The molecule has 2 heteroatoms. The zero-order valence-electron chi connectivity index (χ0n) is 9.83. The topological polar surface area (TPSA) is 29.3 Å². The van der Waals surface area contributed by atoms with Gasteiger partial charge in [0, 0.05) is 25.3 Å². The van der Waals surface area contributed by atoms with Gasteiger partial charge in [0.2, 0.25) is 0 Å². The van der Waals surface area contributed by atoms with E-state index in [4.69, 9.17) is 5.73 Å². The summed E-state index contributed by atoms with van der Waals surface area (Å²) in [6.07, 6.45) is 0. The van der Waals surface area contributed by atoms with Gasteiger partial charge in [0.05, 0.1) is 0 Å². The maximum Gasteiger partial charge on any atom is 0.0364 e. The Morgan fingerprint density at radius 1 is 1.53 bits per heavy atom. The summed E-state index contributed by atoms with van der Waals surface area (Å²) < 4.78 is 0. The van der Waals surface area contributed by atoms with Crippen molar-refractivity contribution >= 4 is 5.70 Å². The number of benzene rings is 1. The fraction of sp³-hybridized carbons (Fsp3) is 0.385. The second-order valence-corrected chi connectivity index (χ2v) is 3.88. The predicted octanol–water partition coefficient (Wildman–Crippen LogP) is 2.63. The minimum atomic E-state index is 0.0738. The molecule has 1 aromatic carbocycles. The van der Waals surface area contributed by atoms with Crippen molar-refractivity contribution in [2.75, 3.05) is 13.6 Å². The number of rotatable bonds is 4. The molecule has 0 aliphatic rings. The third-order valence-corrected chi connectivity index (χ3v) is 2.68. The van der Waals surface area contributed by atoms with Crippen molar-refractivity contribution in [3.63, 3.8) is 0 Å². The van der Waals surface area contributed by atoms with E-state index in [1.807, 2.05) is 26.1 Å². The molecule has 0 fully saturated rings. The van der Waals surface area contributed by atoms with Gasteiger partial charge in [-0.2, -0.15) is 0 Å². The molecule has 2 nitrogen and oxygen atoms in total. The van der Waals surface area contributed by atoms with Gasteiger partial charge in [-0.15, -0.1) is 0 Å². The van der Waals surface area contributed by atoms with Gasteiger partial charge in [0.25, 0.3) is 0 Å². The van der Waals surface area contributed by atoms with E-state index in [1.54, 1.807) is 0 Å². The van der Waals surface area contributed by atoms with Crippen LogP contribution in [0.5, 0.6) is 0 Å². The summed E-state index contributed by atoms with van der Waals surface area (Å²) in [7, 11) is 2.04. The zero-order chi connectivity index (χ0) is 11.4. The average molecular weight is 204 g/mol. The second-order valence-electron chi connectivity index (χ2n) is 3.88. The van der Waals surface area contributed by atoms with Crippen LogP contribution in [0.2, 0.25) is 0 Å². The molecule has 0 aliphatic heterocycles. The lowest BCUT2D eigenvalue weighted by molar-refractivity contribution is 0.510. The number of hydrogen-bond donors (Lipinski definition) is 1. The van der Waals surface area contributed by atoms with Gasteiger partial charge in [-0.25, -0.2) is 0 Å². The van der Waals surface area contributed by atoms with Crippen molar-refractivity contribution in [2.24, 2.45) is 5.73 Å². The van der Waals surface area contributed by atoms with Gasteiger partial charge in [0.1, 0.15) is 0 Å². The molecule has 1 aromatic rings. The summed E-state index contributed by atoms with van der Waals surface area (Å²) in [6, 6.07) is 8.33. The quantitative estimate of drug-likeness (QED) is 0.817. The summed E-state index contributed by atoms with van der Waals surface area (Å²) in [5.74, 6) is 0. The number of nitrogens with zero attached hydrogens (tertiary/aromatic N) is 1. The highest BCUT2D eigenvalue weighted by Gasteiger charge is 2.05. The molecule has 0 saturated carbocycles. The summed E-state index contributed by atoms with van der Waals surface area (Å²) in [4.78, 5) is 2.13. The first-order valence-corrected chi connectivity index (χ1v) is 5.32. The molecule has 0 heterocycles. The van der Waals surface area contributed by atoms with Crippen LogP contribution in [-0.4, -0.2) is 18.5 Å². The average Bonchev–Trinajstić information content (AvgIpc) is 2.27. The third-order valence-electron chi connectivity index (χ3n) is 2.68. The highest BCUT2D eigenvalue weighted by atomic mass is 15.1. The van der Waals surface area contributed by atoms with Crippen LogP contribution in [0, 0.1) is 0 Å². The molecule has 0 amide bonds. The fourth-order valence-corrected chi connectivity index (χ4v) is 1.41. The van der Waals surface area contributed by atoms with Crippen LogP contribution < -0.4 is 5.73 Å². The van der Waals surface area contributed by atoms with E-state index in [2.05, 4.69) is 30.5 Å². The Hall–Kier alpha value is -1.28. The van der Waals surface area contributed by atoms with E-state index in [0.29, 0.717) is 0 Å².